The van der Waals surface area contributed by atoms with Crippen LogP contribution in [0.3, 0.4) is 0 Å². The summed E-state index contributed by atoms with van der Waals surface area (Å²) in [5.41, 5.74) is 2.68. The second kappa shape index (κ2) is 9.53. The zero-order valence-corrected chi connectivity index (χ0v) is 20.0. The van der Waals surface area contributed by atoms with Crippen LogP contribution in [0.5, 0.6) is 5.75 Å². The first-order valence-electron chi connectivity index (χ1n) is 10.2. The lowest BCUT2D eigenvalue weighted by Crippen LogP contribution is -2.20. The van der Waals surface area contributed by atoms with Crippen molar-refractivity contribution in [3.05, 3.63) is 74.1 Å². The fraction of sp³-hybridized carbons (Fsp3) is 0.250. The summed E-state index contributed by atoms with van der Waals surface area (Å²) in [4.78, 5) is 27.4. The van der Waals surface area contributed by atoms with Gasteiger partial charge in [-0.2, -0.15) is 0 Å². The number of methoxy groups -OCH3 is 1. The lowest BCUT2D eigenvalue weighted by Gasteiger charge is -2.18. The van der Waals surface area contributed by atoms with Gasteiger partial charge in [-0.25, -0.2) is 4.79 Å². The molecule has 0 spiro atoms. The highest BCUT2D eigenvalue weighted by Crippen LogP contribution is 2.41. The Morgan fingerprint density at radius 2 is 1.81 bits per heavy atom. The number of anilines is 2. The Labute approximate surface area is 200 Å². The number of thiophene rings is 1. The second-order valence-electron chi connectivity index (χ2n) is 7.82. The number of nitrogens with one attached hydrogen (secondary N) is 2. The van der Waals surface area contributed by atoms with Gasteiger partial charge in [0.1, 0.15) is 10.8 Å². The fourth-order valence-corrected chi connectivity index (χ4v) is 5.51. The van der Waals surface area contributed by atoms with Crippen LogP contribution in [0.2, 0.25) is 10.0 Å². The normalized spacial score (nSPS) is 15.1. The molecular formula is C24H22Cl2N2O3S. The molecule has 1 aliphatic carbocycles. The van der Waals surface area contributed by atoms with Crippen LogP contribution in [0, 0.1) is 5.92 Å². The highest BCUT2D eigenvalue weighted by Gasteiger charge is 2.29. The predicted octanol–water partition coefficient (Wildman–Crippen LogP) is 7.06. The number of rotatable bonds is 5. The number of fused-ring (bicyclic) bond motifs is 1. The van der Waals surface area contributed by atoms with E-state index in [4.69, 9.17) is 27.9 Å². The highest BCUT2D eigenvalue weighted by atomic mass is 35.5. The van der Waals surface area contributed by atoms with Gasteiger partial charge in [0.2, 0.25) is 0 Å². The van der Waals surface area contributed by atoms with Crippen molar-refractivity contribution < 1.29 is 14.3 Å². The maximum atomic E-state index is 13.5. The molecule has 0 saturated heterocycles. The smallest absolute Gasteiger partial charge is 0.324 e. The Balaban J connectivity index is 1.64. The number of halogens is 2. The van der Waals surface area contributed by atoms with Gasteiger partial charge in [-0.05, 0) is 73.2 Å². The lowest BCUT2D eigenvalue weighted by molar-refractivity contribution is 0.103. The Morgan fingerprint density at radius 3 is 2.50 bits per heavy atom. The van der Waals surface area contributed by atoms with E-state index in [1.807, 2.05) is 0 Å². The molecule has 32 heavy (non-hydrogen) atoms. The summed E-state index contributed by atoms with van der Waals surface area (Å²) >= 11 is 13.5. The van der Waals surface area contributed by atoms with E-state index >= 15 is 0 Å². The molecule has 4 rings (SSSR count). The van der Waals surface area contributed by atoms with Gasteiger partial charge in [0.05, 0.1) is 22.7 Å². The molecular weight excluding hydrogens is 467 g/mol. The molecule has 0 saturated carbocycles. The number of hydrogen-bond acceptors (Lipinski definition) is 4. The molecule has 1 aliphatic rings. The molecule has 5 nitrogen and oxygen atoms in total. The van der Waals surface area contributed by atoms with Crippen molar-refractivity contribution in [1.29, 1.82) is 0 Å². The monoisotopic (exact) mass is 488 g/mol. The second-order valence-corrected chi connectivity index (χ2v) is 9.74. The Bertz CT molecular complexity index is 1170. The van der Waals surface area contributed by atoms with E-state index in [0.29, 0.717) is 43.5 Å². The SMILES string of the molecule is COc1ccc(C(=O)c2c(NC(=O)Nc3ccc(Cl)c(Cl)c3)sc3c2CCC(C)C3)cc1. The molecule has 0 aliphatic heterocycles. The van der Waals surface area contributed by atoms with Crippen LogP contribution in [0.4, 0.5) is 15.5 Å². The Kier molecular flexibility index (Phi) is 6.74. The molecule has 0 bridgehead atoms. The average Bonchev–Trinajstić information content (AvgIpc) is 3.12. The molecule has 2 N–H and O–H groups in total. The Hall–Kier alpha value is -2.54. The van der Waals surface area contributed by atoms with E-state index in [0.717, 1.165) is 29.7 Å². The molecule has 166 valence electrons. The van der Waals surface area contributed by atoms with Crippen molar-refractivity contribution in [2.75, 3.05) is 17.7 Å². The number of amides is 2. The van der Waals surface area contributed by atoms with Crippen LogP contribution in [0.15, 0.2) is 42.5 Å². The number of urea groups is 1. The lowest BCUT2D eigenvalue weighted by atomic mass is 9.86. The van der Waals surface area contributed by atoms with Crippen LogP contribution in [-0.2, 0) is 12.8 Å². The number of ether oxygens (including phenoxy) is 1. The van der Waals surface area contributed by atoms with Crippen LogP contribution in [0.1, 0.15) is 39.7 Å². The van der Waals surface area contributed by atoms with Crippen molar-refractivity contribution in [3.8, 4) is 5.75 Å². The zero-order chi connectivity index (χ0) is 22.8. The number of benzene rings is 2. The van der Waals surface area contributed by atoms with Gasteiger partial charge >= 0.3 is 6.03 Å². The largest absolute Gasteiger partial charge is 0.497 e. The van der Waals surface area contributed by atoms with E-state index in [9.17, 15) is 9.59 Å². The Morgan fingerprint density at radius 1 is 1.06 bits per heavy atom. The summed E-state index contributed by atoms with van der Waals surface area (Å²) in [7, 11) is 1.59. The molecule has 1 heterocycles. The van der Waals surface area contributed by atoms with Crippen molar-refractivity contribution in [3.63, 3.8) is 0 Å². The third-order valence-electron chi connectivity index (χ3n) is 5.50. The highest BCUT2D eigenvalue weighted by molar-refractivity contribution is 7.17. The molecule has 1 aromatic heterocycles. The fourth-order valence-electron chi connectivity index (χ4n) is 3.81. The van der Waals surface area contributed by atoms with Crippen molar-refractivity contribution in [2.45, 2.75) is 26.2 Å². The van der Waals surface area contributed by atoms with Gasteiger partial charge in [0.15, 0.2) is 5.78 Å². The maximum absolute atomic E-state index is 13.5. The van der Waals surface area contributed by atoms with Crippen molar-refractivity contribution >= 4 is 57.0 Å². The van der Waals surface area contributed by atoms with Crippen LogP contribution < -0.4 is 15.4 Å². The summed E-state index contributed by atoms with van der Waals surface area (Å²) in [6.07, 6.45) is 2.74. The van der Waals surface area contributed by atoms with Gasteiger partial charge in [0.25, 0.3) is 0 Å². The van der Waals surface area contributed by atoms with Gasteiger partial charge in [-0.1, -0.05) is 30.1 Å². The van der Waals surface area contributed by atoms with E-state index in [1.165, 1.54) is 11.3 Å². The van der Waals surface area contributed by atoms with Gasteiger partial charge in [-0.3, -0.25) is 10.1 Å². The van der Waals surface area contributed by atoms with Crippen LogP contribution >= 0.6 is 34.5 Å². The standard InChI is InChI=1S/C24H22Cl2N2O3S/c1-13-3-9-17-20(11-13)32-23(21(17)22(29)14-4-7-16(31-2)8-5-14)28-24(30)27-15-6-10-18(25)19(26)12-15/h4-8,10,12-13H,3,9,11H2,1-2H3,(H2,27,28,30). The predicted molar refractivity (Wildman–Crippen MR) is 131 cm³/mol. The summed E-state index contributed by atoms with van der Waals surface area (Å²) in [5, 5.41) is 6.95. The van der Waals surface area contributed by atoms with E-state index in [2.05, 4.69) is 17.6 Å². The topological polar surface area (TPSA) is 67.4 Å². The molecule has 1 unspecified atom stereocenters. The first-order chi connectivity index (χ1) is 15.4. The third-order valence-corrected chi connectivity index (χ3v) is 7.40. The number of carbonyl (C=O) groups is 2. The van der Waals surface area contributed by atoms with Crippen molar-refractivity contribution in [1.82, 2.24) is 0 Å². The van der Waals surface area contributed by atoms with Gasteiger partial charge in [0, 0.05) is 16.1 Å². The van der Waals surface area contributed by atoms with Crippen LogP contribution in [0.25, 0.3) is 0 Å². The van der Waals surface area contributed by atoms with Gasteiger partial charge in [-0.15, -0.1) is 11.3 Å². The summed E-state index contributed by atoms with van der Waals surface area (Å²) < 4.78 is 5.20. The first-order valence-corrected chi connectivity index (χ1v) is 11.8. The van der Waals surface area contributed by atoms with E-state index < -0.39 is 6.03 Å². The average molecular weight is 489 g/mol. The molecule has 0 radical (unpaired) electrons. The molecule has 1 atom stereocenters. The maximum Gasteiger partial charge on any atom is 0.324 e. The number of carbonyl (C=O) groups excluding carboxylic acids is 2. The molecule has 0 fully saturated rings. The van der Waals surface area contributed by atoms with E-state index in [-0.39, 0.29) is 5.78 Å². The van der Waals surface area contributed by atoms with Crippen molar-refractivity contribution in [2.24, 2.45) is 5.92 Å². The third kappa shape index (κ3) is 4.77. The minimum absolute atomic E-state index is 0.107. The molecule has 2 amide bonds. The zero-order valence-electron chi connectivity index (χ0n) is 17.6. The number of ketones is 1. The molecule has 8 heteroatoms. The number of hydrogen-bond donors (Lipinski definition) is 2. The molecule has 2 aromatic carbocycles. The minimum atomic E-state index is -0.446. The van der Waals surface area contributed by atoms with E-state index in [1.54, 1.807) is 49.6 Å². The van der Waals surface area contributed by atoms with Gasteiger partial charge < -0.3 is 10.1 Å². The molecule has 3 aromatic rings. The quantitative estimate of drug-likeness (QED) is 0.377. The summed E-state index contributed by atoms with van der Waals surface area (Å²) in [5.74, 6) is 1.12. The summed E-state index contributed by atoms with van der Waals surface area (Å²) in [6, 6.07) is 11.4. The minimum Gasteiger partial charge on any atom is -0.497 e. The first kappa shape index (κ1) is 22.6. The van der Waals surface area contributed by atoms with Crippen LogP contribution in [-0.4, -0.2) is 18.9 Å². The summed E-state index contributed by atoms with van der Waals surface area (Å²) in [6.45, 7) is 2.21.